The van der Waals surface area contributed by atoms with Crippen LogP contribution in [-0.4, -0.2) is 10.9 Å². The van der Waals surface area contributed by atoms with E-state index in [4.69, 9.17) is 0 Å². The van der Waals surface area contributed by atoms with Gasteiger partial charge < -0.3 is 5.11 Å². The summed E-state index contributed by atoms with van der Waals surface area (Å²) in [6, 6.07) is 5.76. The van der Waals surface area contributed by atoms with Crippen molar-refractivity contribution in [1.82, 2.24) is 0 Å². The number of aryl methyl sites for hydroxylation is 1. The fourth-order valence-corrected chi connectivity index (χ4v) is 1.59. The molecule has 0 aromatic heterocycles. The average molecular weight is 168 g/mol. The highest BCUT2D eigenvalue weighted by Crippen LogP contribution is 2.28. The largest absolute Gasteiger partial charge is 0.507 e. The van der Waals surface area contributed by atoms with Gasteiger partial charge in [0.2, 0.25) is 0 Å². The summed E-state index contributed by atoms with van der Waals surface area (Å²) in [4.78, 5) is 0.970. The maximum Gasteiger partial charge on any atom is 0.129 e. The maximum absolute atomic E-state index is 9.40. The van der Waals surface area contributed by atoms with Gasteiger partial charge in [0.15, 0.2) is 0 Å². The van der Waals surface area contributed by atoms with Crippen molar-refractivity contribution < 1.29 is 5.11 Å². The molecule has 0 atom stereocenters. The lowest BCUT2D eigenvalue weighted by atomic mass is 10.2. The van der Waals surface area contributed by atoms with E-state index < -0.39 is 0 Å². The summed E-state index contributed by atoms with van der Waals surface area (Å²) < 4.78 is 0. The number of phenolic OH excluding ortho intramolecular Hbond substituents is 1. The van der Waals surface area contributed by atoms with E-state index in [-0.39, 0.29) is 0 Å². The minimum absolute atomic E-state index is 0.400. The van der Waals surface area contributed by atoms with Crippen LogP contribution < -0.4 is 0 Å². The highest BCUT2D eigenvalue weighted by molar-refractivity contribution is 7.99. The van der Waals surface area contributed by atoms with Gasteiger partial charge in [-0.15, -0.1) is 11.8 Å². The zero-order chi connectivity index (χ0) is 8.27. The van der Waals surface area contributed by atoms with E-state index in [1.165, 1.54) is 0 Å². The lowest BCUT2D eigenvalue weighted by molar-refractivity contribution is 0.462. The summed E-state index contributed by atoms with van der Waals surface area (Å²) in [5, 5.41) is 9.40. The zero-order valence-corrected chi connectivity index (χ0v) is 7.61. The van der Waals surface area contributed by atoms with Crippen molar-refractivity contribution in [1.29, 1.82) is 0 Å². The van der Waals surface area contributed by atoms with Crippen molar-refractivity contribution in [3.63, 3.8) is 0 Å². The van der Waals surface area contributed by atoms with Gasteiger partial charge in [0.1, 0.15) is 5.75 Å². The van der Waals surface area contributed by atoms with Crippen molar-refractivity contribution in [3.8, 4) is 5.75 Å². The molecule has 0 aliphatic carbocycles. The average Bonchev–Trinajstić information content (AvgIpc) is 1.95. The first-order chi connectivity index (χ1) is 5.24. The molecule has 0 amide bonds. The Hall–Kier alpha value is -0.630. The molecular formula is C9H12OS. The molecule has 11 heavy (non-hydrogen) atoms. The summed E-state index contributed by atoms with van der Waals surface area (Å²) in [6.45, 7) is 4.05. The van der Waals surface area contributed by atoms with Gasteiger partial charge in [-0.05, 0) is 30.4 Å². The summed E-state index contributed by atoms with van der Waals surface area (Å²) in [5.74, 6) is 1.40. The molecule has 0 aliphatic rings. The van der Waals surface area contributed by atoms with Crippen LogP contribution in [0.5, 0.6) is 5.75 Å². The van der Waals surface area contributed by atoms with Crippen molar-refractivity contribution in [3.05, 3.63) is 23.8 Å². The molecule has 0 radical (unpaired) electrons. The van der Waals surface area contributed by atoms with Gasteiger partial charge in [0.05, 0.1) is 0 Å². The van der Waals surface area contributed by atoms with Gasteiger partial charge >= 0.3 is 0 Å². The topological polar surface area (TPSA) is 20.2 Å². The van der Waals surface area contributed by atoms with Gasteiger partial charge in [-0.1, -0.05) is 13.0 Å². The minimum atomic E-state index is 0.400. The highest BCUT2D eigenvalue weighted by atomic mass is 32.2. The molecular weight excluding hydrogens is 156 g/mol. The highest BCUT2D eigenvalue weighted by Gasteiger charge is 1.98. The molecule has 1 nitrogen and oxygen atoms in total. The van der Waals surface area contributed by atoms with Gasteiger partial charge in [-0.3, -0.25) is 0 Å². The van der Waals surface area contributed by atoms with Crippen LogP contribution in [0.25, 0.3) is 0 Å². The molecule has 0 saturated carbocycles. The Kier molecular flexibility index (Phi) is 2.83. The van der Waals surface area contributed by atoms with Crippen LogP contribution in [0.3, 0.4) is 0 Å². The molecule has 1 aromatic carbocycles. The summed E-state index contributed by atoms with van der Waals surface area (Å²) in [6.07, 6.45) is 0. The van der Waals surface area contributed by atoms with E-state index in [9.17, 15) is 5.11 Å². The Bertz CT molecular complexity index is 245. The number of aromatic hydroxyl groups is 1. The van der Waals surface area contributed by atoms with E-state index in [0.29, 0.717) is 5.75 Å². The number of rotatable bonds is 2. The second kappa shape index (κ2) is 3.67. The van der Waals surface area contributed by atoms with Crippen molar-refractivity contribution in [2.75, 3.05) is 5.75 Å². The van der Waals surface area contributed by atoms with E-state index in [1.54, 1.807) is 17.8 Å². The van der Waals surface area contributed by atoms with Gasteiger partial charge in [0, 0.05) is 4.90 Å². The van der Waals surface area contributed by atoms with Crippen LogP contribution in [0.15, 0.2) is 23.1 Å². The Morgan fingerprint density at radius 3 is 2.73 bits per heavy atom. The summed E-state index contributed by atoms with van der Waals surface area (Å²) in [7, 11) is 0. The first-order valence-corrected chi connectivity index (χ1v) is 4.65. The summed E-state index contributed by atoms with van der Waals surface area (Å²) >= 11 is 1.66. The van der Waals surface area contributed by atoms with E-state index in [2.05, 4.69) is 6.92 Å². The quantitative estimate of drug-likeness (QED) is 0.685. The number of hydrogen-bond donors (Lipinski definition) is 1. The number of phenols is 1. The first-order valence-electron chi connectivity index (χ1n) is 3.66. The molecule has 1 rings (SSSR count). The normalized spacial score (nSPS) is 10.0. The molecule has 0 saturated heterocycles. The van der Waals surface area contributed by atoms with Gasteiger partial charge in [0.25, 0.3) is 0 Å². The number of hydrogen-bond acceptors (Lipinski definition) is 2. The predicted octanol–water partition coefficient (Wildman–Crippen LogP) is 2.81. The van der Waals surface area contributed by atoms with Crippen LogP contribution in [0, 0.1) is 6.92 Å². The molecule has 0 fully saturated rings. The zero-order valence-electron chi connectivity index (χ0n) is 6.79. The van der Waals surface area contributed by atoms with Crippen LogP contribution in [-0.2, 0) is 0 Å². The number of benzene rings is 1. The van der Waals surface area contributed by atoms with Gasteiger partial charge in [-0.2, -0.15) is 0 Å². The lowest BCUT2D eigenvalue weighted by Crippen LogP contribution is -1.76. The lowest BCUT2D eigenvalue weighted by Gasteiger charge is -2.02. The third kappa shape index (κ3) is 2.15. The fraction of sp³-hybridized carbons (Fsp3) is 0.333. The fourth-order valence-electron chi connectivity index (χ4n) is 0.905. The molecule has 1 N–H and O–H groups in total. The molecule has 0 unspecified atom stereocenters. The Morgan fingerprint density at radius 2 is 2.18 bits per heavy atom. The second-order valence-corrected chi connectivity index (χ2v) is 3.71. The van der Waals surface area contributed by atoms with E-state index in [0.717, 1.165) is 16.2 Å². The molecule has 1 aromatic rings. The van der Waals surface area contributed by atoms with Gasteiger partial charge in [-0.25, -0.2) is 0 Å². The minimum Gasteiger partial charge on any atom is -0.507 e. The number of thioether (sulfide) groups is 1. The maximum atomic E-state index is 9.40. The Morgan fingerprint density at radius 1 is 1.45 bits per heavy atom. The van der Waals surface area contributed by atoms with Crippen LogP contribution in [0.1, 0.15) is 12.5 Å². The van der Waals surface area contributed by atoms with Crippen LogP contribution in [0.2, 0.25) is 0 Å². The summed E-state index contributed by atoms with van der Waals surface area (Å²) in [5.41, 5.74) is 1.10. The third-order valence-corrected chi connectivity index (χ3v) is 2.36. The second-order valence-electron chi connectivity index (χ2n) is 2.40. The smallest absolute Gasteiger partial charge is 0.129 e. The Balaban J connectivity index is 2.90. The Labute approximate surface area is 71.4 Å². The SMILES string of the molecule is CCSc1ccc(C)cc1O. The van der Waals surface area contributed by atoms with Crippen LogP contribution >= 0.6 is 11.8 Å². The first kappa shape index (κ1) is 8.47. The molecule has 2 heteroatoms. The molecule has 0 aliphatic heterocycles. The molecule has 0 spiro atoms. The van der Waals surface area contributed by atoms with E-state index in [1.807, 2.05) is 19.1 Å². The monoisotopic (exact) mass is 168 g/mol. The molecule has 0 heterocycles. The van der Waals surface area contributed by atoms with Crippen molar-refractivity contribution in [2.24, 2.45) is 0 Å². The standard InChI is InChI=1S/C9H12OS/c1-3-11-9-5-4-7(2)6-8(9)10/h4-6,10H,3H2,1-2H3. The van der Waals surface area contributed by atoms with Crippen molar-refractivity contribution >= 4 is 11.8 Å². The predicted molar refractivity (Wildman–Crippen MR) is 49.2 cm³/mol. The van der Waals surface area contributed by atoms with E-state index >= 15 is 0 Å². The molecule has 0 bridgehead atoms. The molecule has 60 valence electrons. The third-order valence-electron chi connectivity index (χ3n) is 1.41. The van der Waals surface area contributed by atoms with Crippen LogP contribution in [0.4, 0.5) is 0 Å². The van der Waals surface area contributed by atoms with Crippen molar-refractivity contribution in [2.45, 2.75) is 18.7 Å².